The SMILES string of the molecule is CC(=O)C[C@H](c1cn(C2(C#N)CC2)nn1)C1CCCCC1. The molecule has 5 heteroatoms. The molecule has 2 fully saturated rings. The van der Waals surface area contributed by atoms with Gasteiger partial charge in [-0.05, 0) is 38.5 Å². The molecule has 2 aliphatic rings. The predicted molar refractivity (Wildman–Crippen MR) is 77.5 cm³/mol. The van der Waals surface area contributed by atoms with Crippen molar-refractivity contribution in [3.63, 3.8) is 0 Å². The lowest BCUT2D eigenvalue weighted by Gasteiger charge is -2.28. The highest BCUT2D eigenvalue weighted by molar-refractivity contribution is 5.76. The molecule has 1 aromatic heterocycles. The smallest absolute Gasteiger partial charge is 0.150 e. The molecule has 0 amide bonds. The molecule has 0 radical (unpaired) electrons. The molecule has 0 spiro atoms. The Balaban J connectivity index is 1.82. The van der Waals surface area contributed by atoms with Gasteiger partial charge in [0.1, 0.15) is 5.78 Å². The van der Waals surface area contributed by atoms with Gasteiger partial charge in [0.15, 0.2) is 5.54 Å². The van der Waals surface area contributed by atoms with Crippen molar-refractivity contribution in [3.05, 3.63) is 11.9 Å². The van der Waals surface area contributed by atoms with Crippen molar-refractivity contribution >= 4 is 5.78 Å². The number of Topliss-reactive ketones (excluding diaryl/α,β-unsaturated/α-hetero) is 1. The molecule has 0 saturated heterocycles. The predicted octanol–water partition coefficient (Wildman–Crippen LogP) is 2.93. The molecule has 1 heterocycles. The van der Waals surface area contributed by atoms with Crippen LogP contribution in [0.15, 0.2) is 6.20 Å². The highest BCUT2D eigenvalue weighted by Gasteiger charge is 2.47. The lowest BCUT2D eigenvalue weighted by atomic mass is 9.76. The normalized spacial score (nSPS) is 22.5. The lowest BCUT2D eigenvalue weighted by molar-refractivity contribution is -0.117. The first-order valence-electron chi connectivity index (χ1n) is 7.98. The fraction of sp³-hybridized carbons (Fsp3) is 0.750. The van der Waals surface area contributed by atoms with Crippen LogP contribution in [0.5, 0.6) is 0 Å². The van der Waals surface area contributed by atoms with Crippen LogP contribution in [0.3, 0.4) is 0 Å². The maximum Gasteiger partial charge on any atom is 0.150 e. The molecule has 5 nitrogen and oxygen atoms in total. The van der Waals surface area contributed by atoms with Crippen LogP contribution in [-0.2, 0) is 10.3 Å². The minimum Gasteiger partial charge on any atom is -0.300 e. The Hall–Kier alpha value is -1.70. The Morgan fingerprint density at radius 2 is 2.19 bits per heavy atom. The van der Waals surface area contributed by atoms with E-state index in [4.69, 9.17) is 0 Å². The summed E-state index contributed by atoms with van der Waals surface area (Å²) in [7, 11) is 0. The highest BCUT2D eigenvalue weighted by Crippen LogP contribution is 2.43. The Morgan fingerprint density at radius 1 is 1.48 bits per heavy atom. The largest absolute Gasteiger partial charge is 0.300 e. The number of carbonyl (C=O) groups is 1. The Labute approximate surface area is 125 Å². The molecule has 112 valence electrons. The maximum absolute atomic E-state index is 11.6. The highest BCUT2D eigenvalue weighted by atomic mass is 16.1. The molecule has 0 aromatic carbocycles. The van der Waals surface area contributed by atoms with Crippen molar-refractivity contribution in [1.82, 2.24) is 15.0 Å². The molecular weight excluding hydrogens is 264 g/mol. The summed E-state index contributed by atoms with van der Waals surface area (Å²) < 4.78 is 1.72. The van der Waals surface area contributed by atoms with Crippen molar-refractivity contribution < 1.29 is 4.79 Å². The third kappa shape index (κ3) is 2.85. The van der Waals surface area contributed by atoms with Gasteiger partial charge in [0.2, 0.25) is 0 Å². The molecular formula is C16H22N4O. The van der Waals surface area contributed by atoms with E-state index in [1.54, 1.807) is 11.6 Å². The fourth-order valence-electron chi connectivity index (χ4n) is 3.53. The lowest BCUT2D eigenvalue weighted by Crippen LogP contribution is -2.19. The third-order valence-corrected chi connectivity index (χ3v) is 4.99. The number of nitrogens with zero attached hydrogens (tertiary/aromatic N) is 4. The average molecular weight is 286 g/mol. The van der Waals surface area contributed by atoms with Crippen molar-refractivity contribution in [2.24, 2.45) is 5.92 Å². The van der Waals surface area contributed by atoms with E-state index in [1.165, 1.54) is 32.1 Å². The van der Waals surface area contributed by atoms with Gasteiger partial charge in [-0.3, -0.25) is 0 Å². The number of hydrogen-bond acceptors (Lipinski definition) is 4. The first-order valence-corrected chi connectivity index (χ1v) is 7.98. The number of carbonyl (C=O) groups excluding carboxylic acids is 1. The molecule has 1 atom stereocenters. The van der Waals surface area contributed by atoms with Crippen molar-refractivity contribution in [3.8, 4) is 6.07 Å². The molecule has 2 saturated carbocycles. The first-order chi connectivity index (χ1) is 10.1. The summed E-state index contributed by atoms with van der Waals surface area (Å²) in [4.78, 5) is 11.6. The molecule has 1 aromatic rings. The van der Waals surface area contributed by atoms with Gasteiger partial charge in [0, 0.05) is 12.3 Å². The van der Waals surface area contributed by atoms with Crippen LogP contribution in [0.1, 0.15) is 69.9 Å². The second kappa shape index (κ2) is 5.59. The van der Waals surface area contributed by atoms with E-state index in [2.05, 4.69) is 16.4 Å². The summed E-state index contributed by atoms with van der Waals surface area (Å²) in [6.07, 6.45) is 10.3. The molecule has 0 unspecified atom stereocenters. The van der Waals surface area contributed by atoms with Crippen LogP contribution in [0.25, 0.3) is 0 Å². The van der Waals surface area contributed by atoms with Crippen molar-refractivity contribution in [2.75, 3.05) is 0 Å². The monoisotopic (exact) mass is 286 g/mol. The summed E-state index contributed by atoms with van der Waals surface area (Å²) in [6.45, 7) is 1.65. The molecule has 0 bridgehead atoms. The van der Waals surface area contributed by atoms with Gasteiger partial charge in [-0.2, -0.15) is 5.26 Å². The molecule has 0 N–H and O–H groups in total. The van der Waals surface area contributed by atoms with E-state index in [9.17, 15) is 10.1 Å². The minimum absolute atomic E-state index is 0.172. The Bertz CT molecular complexity index is 561. The zero-order valence-electron chi connectivity index (χ0n) is 12.6. The van der Waals surface area contributed by atoms with Crippen LogP contribution in [-0.4, -0.2) is 20.8 Å². The first kappa shape index (κ1) is 14.2. The number of ketones is 1. The van der Waals surface area contributed by atoms with Gasteiger partial charge in [-0.25, -0.2) is 4.68 Å². The third-order valence-electron chi connectivity index (χ3n) is 4.99. The summed E-state index contributed by atoms with van der Waals surface area (Å²) in [6, 6.07) is 2.33. The van der Waals surface area contributed by atoms with E-state index < -0.39 is 5.54 Å². The molecule has 0 aliphatic heterocycles. The van der Waals surface area contributed by atoms with Crippen molar-refractivity contribution in [2.45, 2.75) is 69.7 Å². The second-order valence-electron chi connectivity index (χ2n) is 6.64. The van der Waals surface area contributed by atoms with E-state index in [0.29, 0.717) is 12.3 Å². The van der Waals surface area contributed by atoms with Crippen LogP contribution < -0.4 is 0 Å². The van der Waals surface area contributed by atoms with E-state index in [1.807, 2.05) is 6.20 Å². The standard InChI is InChI=1S/C16H22N4O/c1-12(21)9-14(13-5-3-2-4-6-13)15-10-20(19-18-15)16(11-17)7-8-16/h10,13-14H,2-9H2,1H3/t14-/m0/s1. The van der Waals surface area contributed by atoms with Crippen LogP contribution in [0, 0.1) is 17.2 Å². The number of rotatable bonds is 5. The van der Waals surface area contributed by atoms with Gasteiger partial charge in [0.25, 0.3) is 0 Å². The van der Waals surface area contributed by atoms with E-state index >= 15 is 0 Å². The van der Waals surface area contributed by atoms with E-state index in [0.717, 1.165) is 18.5 Å². The second-order valence-corrected chi connectivity index (χ2v) is 6.64. The summed E-state index contributed by atoms with van der Waals surface area (Å²) in [5, 5.41) is 17.7. The average Bonchev–Trinajstić information content (AvgIpc) is 3.15. The summed E-state index contributed by atoms with van der Waals surface area (Å²) in [5.41, 5.74) is 0.442. The minimum atomic E-state index is -0.460. The van der Waals surface area contributed by atoms with Crippen LogP contribution >= 0.6 is 0 Å². The van der Waals surface area contributed by atoms with Crippen LogP contribution in [0.4, 0.5) is 0 Å². The number of aromatic nitrogens is 3. The quantitative estimate of drug-likeness (QED) is 0.834. The van der Waals surface area contributed by atoms with Gasteiger partial charge in [-0.1, -0.05) is 24.5 Å². The maximum atomic E-state index is 11.6. The fourth-order valence-corrected chi connectivity index (χ4v) is 3.53. The topological polar surface area (TPSA) is 71.6 Å². The summed E-state index contributed by atoms with van der Waals surface area (Å²) in [5.74, 6) is 0.914. The zero-order chi connectivity index (χ0) is 14.9. The Morgan fingerprint density at radius 3 is 2.76 bits per heavy atom. The Kier molecular flexibility index (Phi) is 3.79. The molecule has 3 rings (SSSR count). The van der Waals surface area contributed by atoms with Gasteiger partial charge in [0.05, 0.1) is 18.0 Å². The zero-order valence-corrected chi connectivity index (χ0v) is 12.6. The van der Waals surface area contributed by atoms with Gasteiger partial charge >= 0.3 is 0 Å². The number of nitriles is 1. The van der Waals surface area contributed by atoms with Gasteiger partial charge in [-0.15, -0.1) is 5.10 Å². The van der Waals surface area contributed by atoms with Crippen LogP contribution in [0.2, 0.25) is 0 Å². The van der Waals surface area contributed by atoms with Gasteiger partial charge < -0.3 is 4.79 Å². The number of hydrogen-bond donors (Lipinski definition) is 0. The summed E-state index contributed by atoms with van der Waals surface area (Å²) >= 11 is 0. The molecule has 21 heavy (non-hydrogen) atoms. The molecule has 2 aliphatic carbocycles. The van der Waals surface area contributed by atoms with E-state index in [-0.39, 0.29) is 11.7 Å². The van der Waals surface area contributed by atoms with Crippen molar-refractivity contribution in [1.29, 1.82) is 5.26 Å².